The second-order valence-electron chi connectivity index (χ2n) is 4.86. The average Bonchev–Trinajstić information content (AvgIpc) is 2.93. The molecule has 0 atom stereocenters. The van der Waals surface area contributed by atoms with Crippen molar-refractivity contribution in [3.05, 3.63) is 64.0 Å². The molecular weight excluding hydrogens is 337 g/mol. The zero-order valence-corrected chi connectivity index (χ0v) is 13.3. The van der Waals surface area contributed by atoms with Crippen molar-refractivity contribution in [2.75, 3.05) is 0 Å². The molecule has 0 fully saturated rings. The van der Waals surface area contributed by atoms with E-state index in [0.29, 0.717) is 32.3 Å². The largest absolute Gasteiger partial charge is 0.481 e. The van der Waals surface area contributed by atoms with Crippen LogP contribution < -0.4 is 0 Å². The van der Waals surface area contributed by atoms with Crippen LogP contribution in [0.15, 0.2) is 46.9 Å². The molecular formula is C17H11Cl2NO3. The lowest BCUT2D eigenvalue weighted by Gasteiger charge is -2.04. The number of carboxylic acids is 1. The van der Waals surface area contributed by atoms with Crippen molar-refractivity contribution in [1.29, 1.82) is 0 Å². The molecule has 0 bridgehead atoms. The fourth-order valence-electron chi connectivity index (χ4n) is 2.18. The van der Waals surface area contributed by atoms with Crippen LogP contribution in [0.1, 0.15) is 17.9 Å². The second kappa shape index (κ2) is 6.44. The topological polar surface area (TPSA) is 63.3 Å². The fourth-order valence-corrected chi connectivity index (χ4v) is 2.69. The summed E-state index contributed by atoms with van der Waals surface area (Å²) in [6.45, 7) is 0. The van der Waals surface area contributed by atoms with Gasteiger partial charge >= 0.3 is 5.97 Å². The van der Waals surface area contributed by atoms with E-state index in [2.05, 4.69) is 4.98 Å². The highest BCUT2D eigenvalue weighted by Gasteiger charge is 2.15. The lowest BCUT2D eigenvalue weighted by atomic mass is 10.1. The van der Waals surface area contributed by atoms with E-state index >= 15 is 0 Å². The minimum absolute atomic E-state index is 0.240. The van der Waals surface area contributed by atoms with Crippen molar-refractivity contribution in [1.82, 2.24) is 4.98 Å². The number of para-hydroxylation sites is 2. The fraction of sp³-hybridized carbons (Fsp3) is 0.0588. The first-order valence-electron chi connectivity index (χ1n) is 6.77. The summed E-state index contributed by atoms with van der Waals surface area (Å²) in [5, 5.41) is 10.0. The molecule has 2 aromatic carbocycles. The van der Waals surface area contributed by atoms with Gasteiger partial charge in [0.05, 0.1) is 6.42 Å². The predicted molar refractivity (Wildman–Crippen MR) is 90.6 cm³/mol. The highest BCUT2D eigenvalue weighted by atomic mass is 35.5. The van der Waals surface area contributed by atoms with Gasteiger partial charge in [-0.2, -0.15) is 0 Å². The Bertz CT molecular complexity index is 862. The van der Waals surface area contributed by atoms with E-state index < -0.39 is 5.97 Å². The van der Waals surface area contributed by atoms with E-state index in [-0.39, 0.29) is 12.3 Å². The first kappa shape index (κ1) is 15.6. The number of halogens is 2. The number of hydrogen-bond acceptors (Lipinski definition) is 3. The smallest absolute Gasteiger partial charge is 0.308 e. The van der Waals surface area contributed by atoms with Gasteiger partial charge in [0.1, 0.15) is 5.52 Å². The Balaban J connectivity index is 2.14. The van der Waals surface area contributed by atoms with Gasteiger partial charge in [0.15, 0.2) is 5.58 Å². The summed E-state index contributed by atoms with van der Waals surface area (Å²) in [7, 11) is 0. The number of benzene rings is 2. The zero-order valence-electron chi connectivity index (χ0n) is 11.8. The maximum Gasteiger partial charge on any atom is 0.308 e. The summed E-state index contributed by atoms with van der Waals surface area (Å²) < 4.78 is 5.65. The number of nitrogens with zero attached hydrogens (tertiary/aromatic N) is 1. The number of carboxylic acid groups (broad SMARTS) is 1. The van der Waals surface area contributed by atoms with E-state index in [0.717, 1.165) is 0 Å². The van der Waals surface area contributed by atoms with Gasteiger partial charge in [0, 0.05) is 21.2 Å². The number of aromatic nitrogens is 1. The van der Waals surface area contributed by atoms with E-state index in [1.165, 1.54) is 0 Å². The monoisotopic (exact) mass is 347 g/mol. The Hall–Kier alpha value is -2.30. The van der Waals surface area contributed by atoms with Crippen molar-refractivity contribution in [3.8, 4) is 0 Å². The molecule has 0 saturated carbocycles. The quantitative estimate of drug-likeness (QED) is 0.708. The van der Waals surface area contributed by atoms with Crippen molar-refractivity contribution in [2.24, 2.45) is 0 Å². The van der Waals surface area contributed by atoms with E-state index in [4.69, 9.17) is 32.7 Å². The lowest BCUT2D eigenvalue weighted by Crippen LogP contribution is -1.97. The highest BCUT2D eigenvalue weighted by molar-refractivity contribution is 6.37. The number of fused-ring (bicyclic) bond motifs is 1. The first-order chi connectivity index (χ1) is 11.0. The summed E-state index contributed by atoms with van der Waals surface area (Å²) in [6.07, 6.45) is 1.35. The third-order valence-electron chi connectivity index (χ3n) is 3.23. The normalized spacial score (nSPS) is 11.8. The Morgan fingerprint density at radius 3 is 2.48 bits per heavy atom. The maximum atomic E-state index is 11.2. The van der Waals surface area contributed by atoms with E-state index in [1.807, 2.05) is 12.1 Å². The third-order valence-corrected chi connectivity index (χ3v) is 3.89. The molecule has 1 aromatic heterocycles. The summed E-state index contributed by atoms with van der Waals surface area (Å²) >= 11 is 12.3. The van der Waals surface area contributed by atoms with Gasteiger partial charge in [-0.3, -0.25) is 4.79 Å². The molecule has 0 aliphatic carbocycles. The van der Waals surface area contributed by atoms with Gasteiger partial charge in [-0.25, -0.2) is 4.98 Å². The zero-order chi connectivity index (χ0) is 16.4. The molecule has 6 heteroatoms. The summed E-state index contributed by atoms with van der Waals surface area (Å²) in [4.78, 5) is 15.5. The molecule has 23 heavy (non-hydrogen) atoms. The molecule has 0 unspecified atom stereocenters. The molecule has 0 amide bonds. The molecule has 0 aliphatic heterocycles. The van der Waals surface area contributed by atoms with Crippen LogP contribution in [0, 0.1) is 0 Å². The molecule has 0 saturated heterocycles. The first-order valence-corrected chi connectivity index (χ1v) is 7.52. The van der Waals surface area contributed by atoms with Crippen LogP contribution in [0.5, 0.6) is 0 Å². The van der Waals surface area contributed by atoms with Crippen molar-refractivity contribution in [2.45, 2.75) is 6.42 Å². The predicted octanol–water partition coefficient (Wildman–Crippen LogP) is 5.15. The van der Waals surface area contributed by atoms with Crippen LogP contribution in [0.25, 0.3) is 22.7 Å². The van der Waals surface area contributed by atoms with Crippen LogP contribution >= 0.6 is 23.2 Å². The van der Waals surface area contributed by atoms with Gasteiger partial charge in [0.2, 0.25) is 5.89 Å². The molecule has 0 spiro atoms. The third kappa shape index (κ3) is 3.38. The standard InChI is InChI=1S/C17H11Cl2NO3/c18-12-4-3-5-13(19)11(12)8-10(9-16(21)22)17-20-14-6-1-2-7-15(14)23-17/h1-8H,9H2,(H,21,22)/b10-8-. The van der Waals surface area contributed by atoms with E-state index in [1.54, 1.807) is 36.4 Å². The van der Waals surface area contributed by atoms with Gasteiger partial charge in [-0.05, 0) is 30.3 Å². The summed E-state index contributed by atoms with van der Waals surface area (Å²) in [5.41, 5.74) is 2.17. The van der Waals surface area contributed by atoms with Gasteiger partial charge < -0.3 is 9.52 Å². The SMILES string of the molecule is O=C(O)C/C(=C/c1c(Cl)cccc1Cl)c1nc2ccccc2o1. The van der Waals surface area contributed by atoms with Gasteiger partial charge in [-0.1, -0.05) is 41.4 Å². The van der Waals surface area contributed by atoms with Crippen LogP contribution in [0.2, 0.25) is 10.0 Å². The number of oxazole rings is 1. The minimum Gasteiger partial charge on any atom is -0.481 e. The number of carbonyl (C=O) groups is 1. The molecule has 116 valence electrons. The molecule has 3 rings (SSSR count). The van der Waals surface area contributed by atoms with Crippen molar-refractivity contribution < 1.29 is 14.3 Å². The van der Waals surface area contributed by atoms with Crippen molar-refractivity contribution in [3.63, 3.8) is 0 Å². The summed E-state index contributed by atoms with van der Waals surface area (Å²) in [6, 6.07) is 12.3. The molecule has 4 nitrogen and oxygen atoms in total. The molecule has 1 N–H and O–H groups in total. The van der Waals surface area contributed by atoms with Gasteiger partial charge in [-0.15, -0.1) is 0 Å². The molecule has 3 aromatic rings. The number of rotatable bonds is 4. The average molecular weight is 348 g/mol. The van der Waals surface area contributed by atoms with Crippen LogP contribution in [-0.2, 0) is 4.79 Å². The maximum absolute atomic E-state index is 11.2. The highest BCUT2D eigenvalue weighted by Crippen LogP contribution is 2.31. The Labute approximate surface area is 142 Å². The Kier molecular flexibility index (Phi) is 4.37. The molecule has 0 radical (unpaired) electrons. The minimum atomic E-state index is -0.998. The Morgan fingerprint density at radius 1 is 1.13 bits per heavy atom. The van der Waals surface area contributed by atoms with E-state index in [9.17, 15) is 4.79 Å². The second-order valence-corrected chi connectivity index (χ2v) is 5.68. The van der Waals surface area contributed by atoms with Crippen LogP contribution in [-0.4, -0.2) is 16.1 Å². The lowest BCUT2D eigenvalue weighted by molar-refractivity contribution is -0.135. The molecule has 1 heterocycles. The van der Waals surface area contributed by atoms with Crippen LogP contribution in [0.3, 0.4) is 0 Å². The number of aliphatic carboxylic acids is 1. The molecule has 0 aliphatic rings. The number of hydrogen-bond donors (Lipinski definition) is 1. The van der Waals surface area contributed by atoms with Crippen molar-refractivity contribution >= 4 is 51.9 Å². The van der Waals surface area contributed by atoms with Crippen LogP contribution in [0.4, 0.5) is 0 Å². The van der Waals surface area contributed by atoms with Gasteiger partial charge in [0.25, 0.3) is 0 Å². The summed E-state index contributed by atoms with van der Waals surface area (Å²) in [5.74, 6) is -0.758. The Morgan fingerprint density at radius 2 is 1.83 bits per heavy atom.